The van der Waals surface area contributed by atoms with Crippen LogP contribution in [0.2, 0.25) is 0 Å². The molecule has 1 amide bonds. The molecule has 1 aliphatic carbocycles. The Kier molecular flexibility index (Phi) is 6.62. The van der Waals surface area contributed by atoms with Gasteiger partial charge < -0.3 is 24.8 Å². The van der Waals surface area contributed by atoms with Gasteiger partial charge in [-0.3, -0.25) is 19.7 Å². The van der Waals surface area contributed by atoms with E-state index in [0.29, 0.717) is 30.0 Å². The summed E-state index contributed by atoms with van der Waals surface area (Å²) >= 11 is 0. The number of methoxy groups -OCH3 is 1. The van der Waals surface area contributed by atoms with Crippen molar-refractivity contribution in [3.63, 3.8) is 0 Å². The Hall–Kier alpha value is -3.82. The number of nitro benzene ring substituents is 1. The Morgan fingerprint density at radius 2 is 1.85 bits per heavy atom. The van der Waals surface area contributed by atoms with Crippen molar-refractivity contribution in [2.24, 2.45) is 5.92 Å². The van der Waals surface area contributed by atoms with E-state index < -0.39 is 10.8 Å². The zero-order valence-corrected chi connectivity index (χ0v) is 18.2. The molecular formula is C23H25N3O7. The van der Waals surface area contributed by atoms with Gasteiger partial charge in [0.2, 0.25) is 6.79 Å². The summed E-state index contributed by atoms with van der Waals surface area (Å²) in [5.41, 5.74) is 1.36. The molecule has 10 nitrogen and oxygen atoms in total. The molecule has 0 saturated heterocycles. The van der Waals surface area contributed by atoms with E-state index in [-0.39, 0.29) is 42.5 Å². The van der Waals surface area contributed by atoms with Gasteiger partial charge >= 0.3 is 5.97 Å². The summed E-state index contributed by atoms with van der Waals surface area (Å²) in [7, 11) is 1.39. The molecule has 2 aromatic carbocycles. The Morgan fingerprint density at radius 1 is 1.09 bits per heavy atom. The molecule has 1 fully saturated rings. The third-order valence-corrected chi connectivity index (χ3v) is 5.97. The molecular weight excluding hydrogens is 430 g/mol. The molecule has 1 heterocycles. The molecule has 0 bridgehead atoms. The lowest BCUT2D eigenvalue weighted by Gasteiger charge is -2.29. The number of hydrogen-bond acceptors (Lipinski definition) is 8. The second-order valence-electron chi connectivity index (χ2n) is 8.07. The van der Waals surface area contributed by atoms with Crippen LogP contribution >= 0.6 is 0 Å². The molecule has 4 rings (SSSR count). The average Bonchev–Trinajstić information content (AvgIpc) is 3.30. The number of rotatable bonds is 7. The number of non-ortho nitro benzene ring substituents is 1. The van der Waals surface area contributed by atoms with Gasteiger partial charge in [-0.15, -0.1) is 0 Å². The van der Waals surface area contributed by atoms with Gasteiger partial charge in [-0.05, 0) is 49.4 Å². The van der Waals surface area contributed by atoms with E-state index in [9.17, 15) is 19.7 Å². The van der Waals surface area contributed by atoms with Gasteiger partial charge in [0.25, 0.3) is 11.6 Å². The number of nitro groups is 1. The summed E-state index contributed by atoms with van der Waals surface area (Å²) < 4.78 is 15.5. The van der Waals surface area contributed by atoms with Crippen LogP contribution in [0.3, 0.4) is 0 Å². The Balaban J connectivity index is 1.45. The van der Waals surface area contributed by atoms with E-state index in [0.717, 1.165) is 18.4 Å². The number of esters is 1. The van der Waals surface area contributed by atoms with Gasteiger partial charge in [-0.1, -0.05) is 6.07 Å². The Morgan fingerprint density at radius 3 is 2.58 bits per heavy atom. The Labute approximate surface area is 190 Å². The highest BCUT2D eigenvalue weighted by atomic mass is 16.7. The van der Waals surface area contributed by atoms with Crippen LogP contribution in [0.1, 0.15) is 41.6 Å². The first-order valence-electron chi connectivity index (χ1n) is 10.7. The lowest BCUT2D eigenvalue weighted by molar-refractivity contribution is -0.384. The molecule has 0 aromatic heterocycles. The van der Waals surface area contributed by atoms with Crippen molar-refractivity contribution < 1.29 is 28.7 Å². The molecule has 0 unspecified atom stereocenters. The number of nitrogens with zero attached hydrogens (tertiary/aromatic N) is 1. The normalized spacial score (nSPS) is 18.9. The number of nitrogens with one attached hydrogen (secondary N) is 2. The summed E-state index contributed by atoms with van der Waals surface area (Å²) in [6.07, 6.45) is 2.83. The maximum atomic E-state index is 13.0. The second kappa shape index (κ2) is 9.76. The van der Waals surface area contributed by atoms with Gasteiger partial charge in [0, 0.05) is 30.4 Å². The number of amides is 1. The number of carbonyl (C=O) groups excluding carboxylic acids is 2. The first kappa shape index (κ1) is 22.4. The van der Waals surface area contributed by atoms with Crippen LogP contribution in [-0.2, 0) is 16.1 Å². The monoisotopic (exact) mass is 455 g/mol. The molecule has 0 radical (unpaired) electrons. The quantitative estimate of drug-likeness (QED) is 0.369. The van der Waals surface area contributed by atoms with Crippen LogP contribution in [-0.4, -0.2) is 36.7 Å². The predicted octanol–water partition coefficient (Wildman–Crippen LogP) is 3.40. The van der Waals surface area contributed by atoms with E-state index in [1.54, 1.807) is 18.2 Å². The molecule has 174 valence electrons. The number of ether oxygens (including phenoxy) is 3. The number of benzene rings is 2. The van der Waals surface area contributed by atoms with Crippen molar-refractivity contribution in [1.29, 1.82) is 0 Å². The van der Waals surface area contributed by atoms with E-state index in [2.05, 4.69) is 10.6 Å². The minimum atomic E-state index is -0.528. The van der Waals surface area contributed by atoms with Crippen LogP contribution < -0.4 is 20.1 Å². The number of carbonyl (C=O) groups is 2. The van der Waals surface area contributed by atoms with Crippen LogP contribution in [0.4, 0.5) is 11.4 Å². The fourth-order valence-electron chi connectivity index (χ4n) is 4.15. The molecule has 2 aromatic rings. The molecule has 0 atom stereocenters. The van der Waals surface area contributed by atoms with E-state index in [1.807, 2.05) is 6.07 Å². The first-order chi connectivity index (χ1) is 15.9. The van der Waals surface area contributed by atoms with Crippen LogP contribution in [0, 0.1) is 16.0 Å². The van der Waals surface area contributed by atoms with Gasteiger partial charge in [0.05, 0.1) is 23.5 Å². The van der Waals surface area contributed by atoms with E-state index in [4.69, 9.17) is 14.2 Å². The fourth-order valence-corrected chi connectivity index (χ4v) is 4.15. The number of fused-ring (bicyclic) bond motifs is 1. The highest BCUT2D eigenvalue weighted by Crippen LogP contribution is 2.33. The standard InChI is InChI=1S/C23H25N3O7/c1-31-23(28)15-3-5-16(6-4-15)25-19-8-7-17(26(29)30)11-18(19)22(27)24-12-14-2-9-20-21(10-14)33-13-32-20/h2,7-11,15-16,25H,3-6,12-13H2,1H3,(H,24,27). The van der Waals surface area contributed by atoms with Crippen molar-refractivity contribution in [1.82, 2.24) is 5.32 Å². The lowest BCUT2D eigenvalue weighted by Crippen LogP contribution is -2.31. The summed E-state index contributed by atoms with van der Waals surface area (Å²) in [5.74, 6) is 0.517. The highest BCUT2D eigenvalue weighted by Gasteiger charge is 2.28. The zero-order valence-electron chi connectivity index (χ0n) is 18.2. The van der Waals surface area contributed by atoms with Gasteiger partial charge in [-0.2, -0.15) is 0 Å². The van der Waals surface area contributed by atoms with Crippen LogP contribution in [0.5, 0.6) is 11.5 Å². The molecule has 1 aliphatic heterocycles. The molecule has 33 heavy (non-hydrogen) atoms. The summed E-state index contributed by atoms with van der Waals surface area (Å²) in [6, 6.07) is 9.63. The largest absolute Gasteiger partial charge is 0.469 e. The van der Waals surface area contributed by atoms with Crippen molar-refractivity contribution in [3.05, 3.63) is 57.6 Å². The third kappa shape index (κ3) is 5.16. The smallest absolute Gasteiger partial charge is 0.308 e. The topological polar surface area (TPSA) is 129 Å². The minimum absolute atomic E-state index is 0.0489. The third-order valence-electron chi connectivity index (χ3n) is 5.97. The van der Waals surface area contributed by atoms with Gasteiger partial charge in [0.1, 0.15) is 0 Å². The van der Waals surface area contributed by atoms with E-state index in [1.165, 1.54) is 19.2 Å². The molecule has 2 N–H and O–H groups in total. The maximum Gasteiger partial charge on any atom is 0.308 e. The summed E-state index contributed by atoms with van der Waals surface area (Å²) in [5, 5.41) is 17.4. The van der Waals surface area contributed by atoms with Crippen molar-refractivity contribution >= 4 is 23.3 Å². The van der Waals surface area contributed by atoms with Crippen LogP contribution in [0.15, 0.2) is 36.4 Å². The average molecular weight is 455 g/mol. The number of hydrogen-bond donors (Lipinski definition) is 2. The highest BCUT2D eigenvalue weighted by molar-refractivity contribution is 6.00. The van der Waals surface area contributed by atoms with Gasteiger partial charge in [-0.25, -0.2) is 0 Å². The Bertz CT molecular complexity index is 1060. The molecule has 2 aliphatic rings. The van der Waals surface area contributed by atoms with Crippen molar-refractivity contribution in [2.45, 2.75) is 38.3 Å². The van der Waals surface area contributed by atoms with Gasteiger partial charge in [0.15, 0.2) is 11.5 Å². The van der Waals surface area contributed by atoms with Crippen molar-refractivity contribution in [3.8, 4) is 11.5 Å². The molecule has 0 spiro atoms. The second-order valence-corrected chi connectivity index (χ2v) is 8.07. The van der Waals surface area contributed by atoms with Crippen LogP contribution in [0.25, 0.3) is 0 Å². The number of anilines is 1. The summed E-state index contributed by atoms with van der Waals surface area (Å²) in [4.78, 5) is 35.5. The first-order valence-corrected chi connectivity index (χ1v) is 10.7. The predicted molar refractivity (Wildman–Crippen MR) is 118 cm³/mol. The molecule has 10 heteroatoms. The fraction of sp³-hybridized carbons (Fsp3) is 0.391. The van der Waals surface area contributed by atoms with E-state index >= 15 is 0 Å². The maximum absolute atomic E-state index is 13.0. The summed E-state index contributed by atoms with van der Waals surface area (Å²) in [6.45, 7) is 0.386. The van der Waals surface area contributed by atoms with Crippen molar-refractivity contribution in [2.75, 3.05) is 19.2 Å². The SMILES string of the molecule is COC(=O)C1CCC(Nc2ccc([N+](=O)[O-])cc2C(=O)NCc2ccc3c(c2)OCO3)CC1. The molecule has 1 saturated carbocycles. The zero-order chi connectivity index (χ0) is 23.4. The lowest BCUT2D eigenvalue weighted by atomic mass is 9.86. The minimum Gasteiger partial charge on any atom is -0.469 e.